The van der Waals surface area contributed by atoms with Crippen LogP contribution in [0.15, 0.2) is 30.5 Å². The van der Waals surface area contributed by atoms with E-state index in [1.165, 1.54) is 25.5 Å². The molecule has 0 atom stereocenters. The average Bonchev–Trinajstić information content (AvgIpc) is 3.87. The van der Waals surface area contributed by atoms with Crippen molar-refractivity contribution in [2.45, 2.75) is 70.1 Å². The number of aromatic nitrogens is 3. The van der Waals surface area contributed by atoms with Crippen LogP contribution in [-0.4, -0.2) is 71.5 Å². The second-order valence-electron chi connectivity index (χ2n) is 15.2. The summed E-state index contributed by atoms with van der Waals surface area (Å²) in [5.74, 6) is -1.73. The number of anilines is 3. The lowest BCUT2D eigenvalue weighted by Crippen LogP contribution is -2.43. The number of halogens is 5. The Labute approximate surface area is 335 Å². The van der Waals surface area contributed by atoms with E-state index in [0.717, 1.165) is 70.0 Å². The van der Waals surface area contributed by atoms with E-state index in [4.69, 9.17) is 25.7 Å². The number of hydrogen-bond donors (Lipinski definition) is 2. The Morgan fingerprint density at radius 1 is 1.03 bits per heavy atom. The Balaban J connectivity index is 0.000000526. The number of pyridine rings is 1. The van der Waals surface area contributed by atoms with Gasteiger partial charge < -0.3 is 30.6 Å². The molecule has 0 radical (unpaired) electrons. The maximum atomic E-state index is 17.3. The van der Waals surface area contributed by atoms with E-state index < -0.39 is 40.2 Å². The summed E-state index contributed by atoms with van der Waals surface area (Å²) in [5, 5.41) is 9.24. The SMILES string of the molecule is CCC1CCOCC1.N#Cc1c(N)sc2c(F)ccc(-c3c(C(F)(F)F)c4c5c(nc(OCC67CCCN6CCC7)nc5c3F)N(Cc3cccnc3N)CCO4)c12. The molecule has 0 saturated carbocycles. The Morgan fingerprint density at radius 3 is 2.47 bits per heavy atom. The maximum absolute atomic E-state index is 17.3. The number of benzene rings is 2. The number of rotatable bonds is 7. The van der Waals surface area contributed by atoms with Gasteiger partial charge in [0.25, 0.3) is 0 Å². The smallest absolute Gasteiger partial charge is 0.420 e. The number of nitrogen functional groups attached to an aromatic ring is 2. The summed E-state index contributed by atoms with van der Waals surface area (Å²) in [7, 11) is 0. The van der Waals surface area contributed by atoms with Crippen LogP contribution in [0.5, 0.6) is 11.8 Å². The van der Waals surface area contributed by atoms with Crippen molar-refractivity contribution in [1.82, 2.24) is 19.9 Å². The Hall–Kier alpha value is -5.05. The molecular weight excluding hydrogens is 780 g/mol. The number of alkyl halides is 3. The van der Waals surface area contributed by atoms with Crippen LogP contribution in [0.25, 0.3) is 32.1 Å². The molecule has 4 aliphatic rings. The molecule has 0 amide bonds. The molecule has 9 rings (SSSR count). The van der Waals surface area contributed by atoms with Crippen molar-refractivity contribution >= 4 is 49.0 Å². The van der Waals surface area contributed by atoms with Crippen LogP contribution in [0.3, 0.4) is 0 Å². The molecule has 4 aliphatic heterocycles. The first kappa shape index (κ1) is 39.8. The molecule has 0 aliphatic carbocycles. The van der Waals surface area contributed by atoms with E-state index in [1.54, 1.807) is 17.0 Å². The van der Waals surface area contributed by atoms with Crippen LogP contribution in [0, 0.1) is 28.9 Å². The minimum Gasteiger partial charge on any atom is -0.490 e. The molecular formula is C41H43F5N8O3S. The zero-order valence-corrected chi connectivity index (χ0v) is 32.7. The topological polar surface area (TPSA) is 149 Å². The monoisotopic (exact) mass is 822 g/mol. The van der Waals surface area contributed by atoms with Crippen molar-refractivity contribution in [3.05, 3.63) is 58.8 Å². The van der Waals surface area contributed by atoms with Gasteiger partial charge in [-0.25, -0.2) is 13.8 Å². The summed E-state index contributed by atoms with van der Waals surface area (Å²) in [6.07, 6.45) is 4.04. The molecule has 3 fully saturated rings. The van der Waals surface area contributed by atoms with Crippen LogP contribution in [0.1, 0.15) is 68.6 Å². The third-order valence-corrected chi connectivity index (χ3v) is 12.9. The maximum Gasteiger partial charge on any atom is 0.420 e. The van der Waals surface area contributed by atoms with E-state index in [2.05, 4.69) is 26.8 Å². The highest BCUT2D eigenvalue weighted by molar-refractivity contribution is 7.23. The van der Waals surface area contributed by atoms with Gasteiger partial charge in [-0.05, 0) is 75.2 Å². The van der Waals surface area contributed by atoms with E-state index in [9.17, 15) is 5.26 Å². The molecule has 17 heteroatoms. The minimum absolute atomic E-state index is 0.0364. The van der Waals surface area contributed by atoms with Crippen molar-refractivity contribution in [2.75, 3.05) is 62.4 Å². The fraction of sp³-hybridized carbons (Fsp3) is 0.463. The van der Waals surface area contributed by atoms with Crippen LogP contribution < -0.4 is 25.8 Å². The largest absolute Gasteiger partial charge is 0.490 e. The van der Waals surface area contributed by atoms with Crippen molar-refractivity contribution in [3.8, 4) is 29.0 Å². The van der Waals surface area contributed by atoms with E-state index in [1.807, 2.05) is 6.07 Å². The zero-order chi connectivity index (χ0) is 40.8. The molecule has 3 saturated heterocycles. The molecule has 0 unspecified atom stereocenters. The van der Waals surface area contributed by atoms with Crippen LogP contribution in [0.2, 0.25) is 0 Å². The number of thiophene rings is 1. The molecule has 11 nitrogen and oxygen atoms in total. The molecule has 306 valence electrons. The van der Waals surface area contributed by atoms with Crippen LogP contribution in [-0.2, 0) is 17.5 Å². The third kappa shape index (κ3) is 7.19. The highest BCUT2D eigenvalue weighted by Crippen LogP contribution is 2.53. The number of fused-ring (bicyclic) bond motifs is 2. The Bertz CT molecular complexity index is 2390. The lowest BCUT2D eigenvalue weighted by Gasteiger charge is -2.31. The molecule has 3 aromatic heterocycles. The number of nitrogens with two attached hydrogens (primary N) is 2. The summed E-state index contributed by atoms with van der Waals surface area (Å²) < 4.78 is 95.4. The van der Waals surface area contributed by atoms with Gasteiger partial charge in [0, 0.05) is 42.5 Å². The van der Waals surface area contributed by atoms with Gasteiger partial charge in [0.05, 0.1) is 27.7 Å². The number of nitrogens with zero attached hydrogens (tertiary/aromatic N) is 6. The molecule has 5 aromatic rings. The number of ether oxygens (including phenoxy) is 3. The van der Waals surface area contributed by atoms with E-state index in [-0.39, 0.29) is 81.1 Å². The second kappa shape index (κ2) is 16.0. The van der Waals surface area contributed by atoms with Gasteiger partial charge >= 0.3 is 12.2 Å². The Morgan fingerprint density at radius 2 is 1.79 bits per heavy atom. The molecule has 0 bridgehead atoms. The zero-order valence-electron chi connectivity index (χ0n) is 31.9. The summed E-state index contributed by atoms with van der Waals surface area (Å²) in [4.78, 5) is 17.2. The lowest BCUT2D eigenvalue weighted by molar-refractivity contribution is -0.138. The van der Waals surface area contributed by atoms with Crippen molar-refractivity contribution in [3.63, 3.8) is 0 Å². The van der Waals surface area contributed by atoms with Gasteiger partial charge in [-0.2, -0.15) is 28.4 Å². The van der Waals surface area contributed by atoms with Gasteiger partial charge in [-0.15, -0.1) is 11.3 Å². The molecule has 0 spiro atoms. The summed E-state index contributed by atoms with van der Waals surface area (Å²) >= 11 is 0.693. The normalized spacial score (nSPS) is 18.1. The van der Waals surface area contributed by atoms with E-state index in [0.29, 0.717) is 16.9 Å². The van der Waals surface area contributed by atoms with Crippen molar-refractivity contribution in [2.24, 2.45) is 5.92 Å². The minimum atomic E-state index is -5.18. The van der Waals surface area contributed by atoms with Gasteiger partial charge in [-0.3, -0.25) is 4.90 Å². The Kier molecular flexibility index (Phi) is 10.9. The van der Waals surface area contributed by atoms with Crippen LogP contribution >= 0.6 is 11.3 Å². The first-order chi connectivity index (χ1) is 27.9. The molecule has 7 heterocycles. The van der Waals surface area contributed by atoms with Gasteiger partial charge in [-0.1, -0.05) is 25.5 Å². The van der Waals surface area contributed by atoms with Crippen molar-refractivity contribution in [1.29, 1.82) is 5.26 Å². The van der Waals surface area contributed by atoms with E-state index >= 15 is 22.0 Å². The predicted molar refractivity (Wildman–Crippen MR) is 212 cm³/mol. The fourth-order valence-corrected chi connectivity index (χ4v) is 9.81. The summed E-state index contributed by atoms with van der Waals surface area (Å²) in [6, 6.07) is 6.96. The standard InChI is InChI=1S/C34H29F5N8O2S.C7H14O/c35-20-6-5-18(21-19(14-40)30(42)50-28(20)21)22-24(34(37,38)39)27-23-26(25(22)36)44-32(49-16-33-7-2-10-47(33)11-3-8-33)45-31(23)46(12-13-48-27)15-17-4-1-9-43-29(17)41;1-2-7-3-5-8-6-4-7/h1,4-6,9H,2-3,7-8,10-13,15-16,42H2,(H2,41,43);7H,2-6H2,1H3. The van der Waals surface area contributed by atoms with Gasteiger partial charge in [0.1, 0.15) is 58.6 Å². The lowest BCUT2D eigenvalue weighted by atomic mass is 9.91. The second-order valence-corrected chi connectivity index (χ2v) is 16.2. The third-order valence-electron chi connectivity index (χ3n) is 11.9. The first-order valence-electron chi connectivity index (χ1n) is 19.5. The van der Waals surface area contributed by atoms with Crippen LogP contribution in [0.4, 0.5) is 38.6 Å². The quantitative estimate of drug-likeness (QED) is 0.152. The first-order valence-corrected chi connectivity index (χ1v) is 20.3. The summed E-state index contributed by atoms with van der Waals surface area (Å²) in [6.45, 7) is 6.18. The molecule has 2 aromatic carbocycles. The fourth-order valence-electron chi connectivity index (χ4n) is 8.86. The average molecular weight is 823 g/mol. The number of nitriles is 1. The van der Waals surface area contributed by atoms with Gasteiger partial charge in [0.2, 0.25) is 0 Å². The number of hydrogen-bond acceptors (Lipinski definition) is 12. The highest BCUT2D eigenvalue weighted by Gasteiger charge is 2.46. The van der Waals surface area contributed by atoms with Gasteiger partial charge in [0.15, 0.2) is 5.82 Å². The predicted octanol–water partition coefficient (Wildman–Crippen LogP) is 8.47. The molecule has 58 heavy (non-hydrogen) atoms. The molecule has 4 N–H and O–H groups in total. The summed E-state index contributed by atoms with van der Waals surface area (Å²) in [5.41, 5.74) is 8.95. The van der Waals surface area contributed by atoms with Crippen molar-refractivity contribution < 1.29 is 36.2 Å². The highest BCUT2D eigenvalue weighted by atomic mass is 32.1.